The van der Waals surface area contributed by atoms with Crippen molar-refractivity contribution in [3.63, 3.8) is 0 Å². The molecule has 17 nitrogen and oxygen atoms in total. The SMILES string of the molecule is C=CCC[C@H]1[C@@H](CCCC)[C@H]1COC(=O)NS(=O)(=O)NCCN(CCNS(=O)(=O)NC(=O)OC[C@@H]1[C@@H]2CCC#CCC[C@@H]21)C(=O)OCC(C)(CC)COCCO. The lowest BCUT2D eigenvalue weighted by molar-refractivity contribution is -0.00986. The molecule has 0 bridgehead atoms. The Balaban J connectivity index is 1.50. The Morgan fingerprint density at radius 1 is 0.839 bits per heavy atom. The minimum Gasteiger partial charge on any atom is -0.449 e. The van der Waals surface area contributed by atoms with Crippen molar-refractivity contribution in [1.82, 2.24) is 23.8 Å². The highest BCUT2D eigenvalue weighted by atomic mass is 32.2. The molecule has 2 saturated carbocycles. The number of fused-ring (bicyclic) bond motifs is 1. The average molecular weight is 834 g/mol. The quantitative estimate of drug-likeness (QED) is 0.0347. The molecule has 3 aliphatic rings. The van der Waals surface area contributed by atoms with Gasteiger partial charge in [-0.3, -0.25) is 0 Å². The van der Waals surface area contributed by atoms with Gasteiger partial charge in [0.25, 0.3) is 0 Å². The summed E-state index contributed by atoms with van der Waals surface area (Å²) in [6.45, 7) is 8.48. The summed E-state index contributed by atoms with van der Waals surface area (Å²) in [5, 5.41) is 9.05. The summed E-state index contributed by atoms with van der Waals surface area (Å²) in [6.07, 6.45) is 7.61. The molecule has 0 aliphatic heterocycles. The molecule has 3 aliphatic carbocycles. The summed E-state index contributed by atoms with van der Waals surface area (Å²) in [6, 6.07) is 0. The molecule has 0 aromatic heterocycles. The Hall–Kier alpha value is -3.15. The van der Waals surface area contributed by atoms with E-state index in [2.05, 4.69) is 34.8 Å². The maximum Gasteiger partial charge on any atom is 0.421 e. The number of hydrogen-bond acceptors (Lipinski definition) is 12. The topological polar surface area (TPSA) is 228 Å². The summed E-state index contributed by atoms with van der Waals surface area (Å²) >= 11 is 0. The van der Waals surface area contributed by atoms with E-state index in [0.717, 1.165) is 62.7 Å². The van der Waals surface area contributed by atoms with Gasteiger partial charge in [-0.15, -0.1) is 18.4 Å². The predicted molar refractivity (Wildman–Crippen MR) is 208 cm³/mol. The van der Waals surface area contributed by atoms with Gasteiger partial charge < -0.3 is 29.0 Å². The molecule has 0 radical (unpaired) electrons. The Labute approximate surface area is 333 Å². The highest BCUT2D eigenvalue weighted by Gasteiger charge is 2.50. The lowest BCUT2D eigenvalue weighted by atomic mass is 9.90. The van der Waals surface area contributed by atoms with Gasteiger partial charge in [-0.05, 0) is 74.0 Å². The number of carbonyl (C=O) groups is 3. The summed E-state index contributed by atoms with van der Waals surface area (Å²) in [7, 11) is -8.78. The van der Waals surface area contributed by atoms with E-state index in [0.29, 0.717) is 30.1 Å². The summed E-state index contributed by atoms with van der Waals surface area (Å²) in [4.78, 5) is 39.1. The molecule has 1 unspecified atom stereocenters. The second-order valence-corrected chi connectivity index (χ2v) is 18.1. The zero-order valence-corrected chi connectivity index (χ0v) is 34.7. The van der Waals surface area contributed by atoms with E-state index >= 15 is 0 Å². The second kappa shape index (κ2) is 23.3. The number of unbranched alkanes of at least 4 members (excludes halogenated alkanes) is 1. The Morgan fingerprint density at radius 3 is 1.91 bits per heavy atom. The molecule has 3 amide bonds. The third kappa shape index (κ3) is 16.8. The predicted octanol–water partition coefficient (Wildman–Crippen LogP) is 3.43. The van der Waals surface area contributed by atoms with E-state index < -0.39 is 44.1 Å². The third-order valence-corrected chi connectivity index (χ3v) is 12.9. The van der Waals surface area contributed by atoms with Crippen LogP contribution in [0.4, 0.5) is 14.4 Å². The molecule has 0 spiro atoms. The molecule has 0 aromatic rings. The standard InChI is InChI=1S/C37H63N5O12S2/c1-5-8-14-28-29(15-9-6-2)32(28)24-52-34(44)40-55(47,48)38-18-20-42(36(46)54-27-37(4,7-3)26-51-23-22-43)21-19-39-56(49,50)41-35(45)53-25-33-30-16-12-10-11-13-17-31(30)33/h5,28-33,38-39,43H,1,6-9,12-27H2,2-4H3,(H,40,44)(H,41,45)/t28-,29+,30-,31+,32-,33-,37?/m0/s1. The number of aliphatic hydroxyl groups is 1. The number of hydrogen-bond donors (Lipinski definition) is 5. The van der Waals surface area contributed by atoms with Crippen LogP contribution < -0.4 is 18.9 Å². The first-order chi connectivity index (χ1) is 26.7. The van der Waals surface area contributed by atoms with Gasteiger partial charge in [0.1, 0.15) is 6.61 Å². The molecule has 3 rings (SSSR count). The lowest BCUT2D eigenvalue weighted by Gasteiger charge is -2.29. The number of rotatable bonds is 27. The van der Waals surface area contributed by atoms with E-state index in [1.807, 2.05) is 29.4 Å². The molecule has 5 N–H and O–H groups in total. The minimum absolute atomic E-state index is 0.0903. The first kappa shape index (κ1) is 47.2. The molecule has 56 heavy (non-hydrogen) atoms. The highest BCUT2D eigenvalue weighted by Crippen LogP contribution is 2.53. The average Bonchev–Trinajstić information content (AvgIpc) is 4.01. The van der Waals surface area contributed by atoms with Crippen molar-refractivity contribution >= 4 is 38.7 Å². The van der Waals surface area contributed by atoms with Crippen LogP contribution in [-0.4, -0.2) is 111 Å². The van der Waals surface area contributed by atoms with Crippen molar-refractivity contribution < 1.29 is 55.3 Å². The Kier molecular flexibility index (Phi) is 19.7. The first-order valence-electron chi connectivity index (χ1n) is 19.7. The second-order valence-electron chi connectivity index (χ2n) is 15.1. The van der Waals surface area contributed by atoms with Crippen LogP contribution in [0.2, 0.25) is 0 Å². The van der Waals surface area contributed by atoms with Crippen LogP contribution in [0.3, 0.4) is 0 Å². The van der Waals surface area contributed by atoms with Gasteiger partial charge in [-0.25, -0.2) is 23.8 Å². The van der Waals surface area contributed by atoms with Crippen LogP contribution in [0.1, 0.15) is 85.0 Å². The number of nitrogens with one attached hydrogen (secondary N) is 4. The molecular weight excluding hydrogens is 771 g/mol. The number of amides is 3. The van der Waals surface area contributed by atoms with E-state index in [4.69, 9.17) is 24.1 Å². The first-order valence-corrected chi connectivity index (χ1v) is 22.7. The van der Waals surface area contributed by atoms with Crippen molar-refractivity contribution in [3.05, 3.63) is 12.7 Å². The van der Waals surface area contributed by atoms with E-state index in [1.165, 1.54) is 0 Å². The Bertz CT molecular complexity index is 1550. The number of aliphatic hydroxyl groups excluding tert-OH is 1. The van der Waals surface area contributed by atoms with Gasteiger partial charge in [0.15, 0.2) is 0 Å². The van der Waals surface area contributed by atoms with Crippen LogP contribution in [0.5, 0.6) is 0 Å². The smallest absolute Gasteiger partial charge is 0.421 e. The van der Waals surface area contributed by atoms with Gasteiger partial charge in [0.05, 0.1) is 33.0 Å². The summed E-state index contributed by atoms with van der Waals surface area (Å²) < 4.78 is 80.1. The molecule has 0 heterocycles. The zero-order chi connectivity index (χ0) is 41.2. The molecule has 7 atom stereocenters. The third-order valence-electron chi connectivity index (χ3n) is 10.9. The van der Waals surface area contributed by atoms with Gasteiger partial charge in [-0.1, -0.05) is 39.7 Å². The monoisotopic (exact) mass is 833 g/mol. The van der Waals surface area contributed by atoms with Crippen molar-refractivity contribution in [2.45, 2.75) is 85.0 Å². The molecule has 320 valence electrons. The number of carbonyl (C=O) groups excluding carboxylic acids is 3. The normalized spacial score (nSPS) is 23.7. The summed E-state index contributed by atoms with van der Waals surface area (Å²) in [5.74, 6) is 8.18. The van der Waals surface area contributed by atoms with Crippen LogP contribution in [-0.2, 0) is 39.4 Å². The van der Waals surface area contributed by atoms with Gasteiger partial charge in [-0.2, -0.15) is 26.3 Å². The van der Waals surface area contributed by atoms with Crippen molar-refractivity contribution in [2.75, 3.05) is 65.8 Å². The lowest BCUT2D eigenvalue weighted by Crippen LogP contribution is -2.48. The maximum absolute atomic E-state index is 13.2. The highest BCUT2D eigenvalue weighted by molar-refractivity contribution is 7.88. The maximum atomic E-state index is 13.2. The molecule has 0 saturated heterocycles. The van der Waals surface area contributed by atoms with Crippen molar-refractivity contribution in [3.8, 4) is 11.8 Å². The zero-order valence-electron chi connectivity index (χ0n) is 33.1. The van der Waals surface area contributed by atoms with E-state index in [9.17, 15) is 31.2 Å². The fourth-order valence-corrected chi connectivity index (χ4v) is 8.66. The van der Waals surface area contributed by atoms with Crippen LogP contribution in [0.15, 0.2) is 12.7 Å². The van der Waals surface area contributed by atoms with Crippen LogP contribution in [0, 0.1) is 52.8 Å². The summed E-state index contributed by atoms with van der Waals surface area (Å²) in [5.41, 5.74) is -0.610. The molecular formula is C37H63N5O12S2. The van der Waals surface area contributed by atoms with Crippen molar-refractivity contribution in [1.29, 1.82) is 0 Å². The van der Waals surface area contributed by atoms with Gasteiger partial charge in [0, 0.05) is 44.4 Å². The van der Waals surface area contributed by atoms with Gasteiger partial charge in [0.2, 0.25) is 0 Å². The van der Waals surface area contributed by atoms with Crippen LogP contribution >= 0.6 is 0 Å². The van der Waals surface area contributed by atoms with Crippen LogP contribution in [0.25, 0.3) is 0 Å². The van der Waals surface area contributed by atoms with Gasteiger partial charge >= 0.3 is 38.7 Å². The number of allylic oxidation sites excluding steroid dienone is 1. The number of ether oxygens (including phenoxy) is 4. The number of nitrogens with zero attached hydrogens (tertiary/aromatic N) is 1. The van der Waals surface area contributed by atoms with E-state index in [1.54, 1.807) is 0 Å². The van der Waals surface area contributed by atoms with E-state index in [-0.39, 0.29) is 77.7 Å². The fourth-order valence-electron chi connectivity index (χ4n) is 7.24. The molecule has 0 aromatic carbocycles. The minimum atomic E-state index is -4.40. The molecule has 19 heteroatoms. The van der Waals surface area contributed by atoms with Crippen molar-refractivity contribution in [2.24, 2.45) is 40.9 Å². The fraction of sp³-hybridized carbons (Fsp3) is 0.811. The Morgan fingerprint density at radius 2 is 1.39 bits per heavy atom. The molecule has 2 fully saturated rings. The largest absolute Gasteiger partial charge is 0.449 e.